The molecule has 1 atom stereocenters. The second-order valence-corrected chi connectivity index (χ2v) is 8.18. The lowest BCUT2D eigenvalue weighted by Gasteiger charge is -2.54. The molecular formula is C24H24N7O+. The molecule has 8 nitrogen and oxygen atoms in total. The van der Waals surface area contributed by atoms with Gasteiger partial charge in [0.05, 0.1) is 36.4 Å². The van der Waals surface area contributed by atoms with Crippen LogP contribution in [0.25, 0.3) is 10.4 Å². The van der Waals surface area contributed by atoms with Crippen LogP contribution in [0.5, 0.6) is 5.75 Å². The third kappa shape index (κ3) is 3.45. The molecule has 160 valence electrons. The minimum atomic E-state index is -0.324. The Hall–Kier alpha value is -3.87. The number of allylic oxidation sites excluding steroid dienone is 1. The average molecular weight is 427 g/mol. The lowest BCUT2D eigenvalue weighted by atomic mass is 9.75. The molecule has 0 N–H and O–H groups in total. The Morgan fingerprint density at radius 2 is 2.00 bits per heavy atom. The van der Waals surface area contributed by atoms with Gasteiger partial charge in [-0.25, -0.2) is 10.0 Å². The van der Waals surface area contributed by atoms with Gasteiger partial charge in [0.15, 0.2) is 6.20 Å². The van der Waals surface area contributed by atoms with Crippen LogP contribution >= 0.6 is 0 Å². The molecule has 2 heterocycles. The lowest BCUT2D eigenvalue weighted by molar-refractivity contribution is -0.750. The first-order valence-electron chi connectivity index (χ1n) is 10.7. The minimum absolute atomic E-state index is 0.284. The quantitative estimate of drug-likeness (QED) is 0.242. The van der Waals surface area contributed by atoms with Crippen LogP contribution in [-0.4, -0.2) is 29.2 Å². The summed E-state index contributed by atoms with van der Waals surface area (Å²) in [6.45, 7) is 0.873. The van der Waals surface area contributed by atoms with Gasteiger partial charge >= 0.3 is 0 Å². The molecule has 1 fully saturated rings. The topological polar surface area (TPSA) is 86.0 Å². The monoisotopic (exact) mass is 426 g/mol. The number of nitrogens with zero attached hydrogens (tertiary/aromatic N) is 7. The van der Waals surface area contributed by atoms with Gasteiger partial charge in [0.2, 0.25) is 12.0 Å². The SMILES string of the molecule is [N-]=[N+]=NCC1(N(c2cccc(OCc3ccccc3)c2)[N+]23C=CN=CC2=CN=C3)CCC1. The molecule has 1 unspecified atom stereocenters. The summed E-state index contributed by atoms with van der Waals surface area (Å²) in [6, 6.07) is 18.2. The maximum Gasteiger partial charge on any atom is 0.225 e. The number of hydrogen-bond acceptors (Lipinski definition) is 5. The summed E-state index contributed by atoms with van der Waals surface area (Å²) in [5.74, 6) is 0.782. The van der Waals surface area contributed by atoms with Crippen molar-refractivity contribution in [3.05, 3.63) is 94.9 Å². The number of anilines is 1. The summed E-state index contributed by atoms with van der Waals surface area (Å²) in [4.78, 5) is 11.8. The average Bonchev–Trinajstić information content (AvgIpc) is 3.24. The lowest BCUT2D eigenvalue weighted by Crippen LogP contribution is -2.69. The Bertz CT molecular complexity index is 1160. The zero-order chi connectivity index (χ0) is 21.9. The summed E-state index contributed by atoms with van der Waals surface area (Å²) in [5, 5.41) is 6.29. The highest BCUT2D eigenvalue weighted by atomic mass is 16.5. The first-order chi connectivity index (χ1) is 15.8. The number of quaternary nitrogens is 1. The van der Waals surface area contributed by atoms with E-state index in [0.29, 0.717) is 13.2 Å². The zero-order valence-corrected chi connectivity index (χ0v) is 17.7. The van der Waals surface area contributed by atoms with Crippen molar-refractivity contribution in [1.29, 1.82) is 0 Å². The predicted molar refractivity (Wildman–Crippen MR) is 125 cm³/mol. The van der Waals surface area contributed by atoms with Crippen molar-refractivity contribution in [2.24, 2.45) is 15.1 Å². The van der Waals surface area contributed by atoms with Gasteiger partial charge in [-0.15, -0.1) is 4.59 Å². The van der Waals surface area contributed by atoms with Gasteiger partial charge in [-0.1, -0.05) is 41.5 Å². The summed E-state index contributed by atoms with van der Waals surface area (Å²) in [6.07, 6.45) is 12.3. The van der Waals surface area contributed by atoms with E-state index in [0.717, 1.165) is 42.0 Å². The van der Waals surface area contributed by atoms with Gasteiger partial charge < -0.3 is 4.74 Å². The van der Waals surface area contributed by atoms with Crippen molar-refractivity contribution in [3.8, 4) is 5.75 Å². The molecule has 2 aliphatic heterocycles. The second-order valence-electron chi connectivity index (χ2n) is 8.18. The predicted octanol–water partition coefficient (Wildman–Crippen LogP) is 5.48. The summed E-state index contributed by atoms with van der Waals surface area (Å²) < 4.78 is 6.40. The summed E-state index contributed by atoms with van der Waals surface area (Å²) >= 11 is 0. The molecule has 2 aromatic carbocycles. The van der Waals surface area contributed by atoms with Crippen molar-refractivity contribution >= 4 is 18.2 Å². The molecule has 0 radical (unpaired) electrons. The van der Waals surface area contributed by atoms with E-state index < -0.39 is 0 Å². The number of benzene rings is 2. The fourth-order valence-corrected chi connectivity index (χ4v) is 4.56. The Kier molecular flexibility index (Phi) is 5.23. The van der Waals surface area contributed by atoms with E-state index >= 15 is 0 Å². The molecule has 0 amide bonds. The molecule has 0 saturated heterocycles. The van der Waals surface area contributed by atoms with Gasteiger partial charge in [-0.3, -0.25) is 4.99 Å². The maximum atomic E-state index is 9.06. The number of azide groups is 1. The van der Waals surface area contributed by atoms with E-state index in [-0.39, 0.29) is 10.1 Å². The van der Waals surface area contributed by atoms with E-state index in [1.807, 2.05) is 67.4 Å². The normalized spacial score (nSPS) is 21.8. The fraction of sp³-hybridized carbons (Fsp3) is 0.250. The molecule has 3 aliphatic rings. The van der Waals surface area contributed by atoms with Gasteiger partial charge in [0.1, 0.15) is 12.4 Å². The molecule has 0 spiro atoms. The third-order valence-electron chi connectivity index (χ3n) is 6.25. The number of aliphatic imine (C=N–C) groups is 2. The van der Waals surface area contributed by atoms with Gasteiger partial charge in [0, 0.05) is 11.0 Å². The fourth-order valence-electron chi connectivity index (χ4n) is 4.56. The number of rotatable bonds is 8. The summed E-state index contributed by atoms with van der Waals surface area (Å²) in [5.41, 5.74) is 11.8. The molecule has 2 aromatic rings. The van der Waals surface area contributed by atoms with Crippen LogP contribution in [0.15, 0.2) is 94.0 Å². The van der Waals surface area contributed by atoms with Gasteiger partial charge in [-0.2, -0.15) is 0 Å². The molecule has 1 aliphatic carbocycles. The largest absolute Gasteiger partial charge is 0.489 e. The molecule has 0 bridgehead atoms. The van der Waals surface area contributed by atoms with Crippen LogP contribution in [0.2, 0.25) is 0 Å². The first kappa shape index (κ1) is 20.1. The molecule has 5 rings (SSSR count). The van der Waals surface area contributed by atoms with Crippen molar-refractivity contribution in [2.75, 3.05) is 11.6 Å². The smallest absolute Gasteiger partial charge is 0.225 e. The highest BCUT2D eigenvalue weighted by Gasteiger charge is 2.55. The minimum Gasteiger partial charge on any atom is -0.489 e. The molecular weight excluding hydrogens is 402 g/mol. The Morgan fingerprint density at radius 3 is 2.78 bits per heavy atom. The Balaban J connectivity index is 1.54. The maximum absolute atomic E-state index is 9.06. The molecule has 1 saturated carbocycles. The van der Waals surface area contributed by atoms with Crippen LogP contribution < -0.4 is 9.75 Å². The van der Waals surface area contributed by atoms with E-state index in [1.54, 1.807) is 6.20 Å². The van der Waals surface area contributed by atoms with Crippen LogP contribution in [0.1, 0.15) is 24.8 Å². The van der Waals surface area contributed by atoms with Crippen LogP contribution in [0.4, 0.5) is 5.69 Å². The number of fused-ring (bicyclic) bond motifs is 1. The highest BCUT2D eigenvalue weighted by molar-refractivity contribution is 5.82. The van der Waals surface area contributed by atoms with Crippen LogP contribution in [0.3, 0.4) is 0 Å². The van der Waals surface area contributed by atoms with E-state index in [2.05, 4.69) is 37.2 Å². The Labute approximate surface area is 186 Å². The second kappa shape index (κ2) is 8.34. The van der Waals surface area contributed by atoms with E-state index in [9.17, 15) is 0 Å². The van der Waals surface area contributed by atoms with Crippen molar-refractivity contribution < 1.29 is 9.33 Å². The van der Waals surface area contributed by atoms with Gasteiger partial charge in [0.25, 0.3) is 0 Å². The molecule has 32 heavy (non-hydrogen) atoms. The van der Waals surface area contributed by atoms with E-state index in [4.69, 9.17) is 10.3 Å². The molecule has 0 aromatic heterocycles. The van der Waals surface area contributed by atoms with Gasteiger partial charge in [-0.05, 0) is 42.5 Å². The number of ether oxygens (including phenoxy) is 1. The standard InChI is InChI=1S/C24H24N7O/c25-29-28-18-24(10-5-11-24)30(31-13-12-26-15-22(31)16-27-19-31)21-8-4-9-23(14-21)32-17-20-6-2-1-3-7-20/h1-4,6-9,12-16,19H,5,10-11,17-18H2/q+1. The first-order valence-corrected chi connectivity index (χ1v) is 10.7. The highest BCUT2D eigenvalue weighted by Crippen LogP contribution is 2.47. The molecule has 8 heteroatoms. The van der Waals surface area contributed by atoms with Crippen molar-refractivity contribution in [3.63, 3.8) is 0 Å². The Morgan fingerprint density at radius 1 is 1.12 bits per heavy atom. The van der Waals surface area contributed by atoms with Crippen LogP contribution in [-0.2, 0) is 6.61 Å². The summed E-state index contributed by atoms with van der Waals surface area (Å²) in [7, 11) is 0. The van der Waals surface area contributed by atoms with E-state index in [1.165, 1.54) is 0 Å². The van der Waals surface area contributed by atoms with Crippen LogP contribution in [0, 0.1) is 0 Å². The number of hydrogen-bond donors (Lipinski definition) is 0. The third-order valence-corrected chi connectivity index (χ3v) is 6.25. The van der Waals surface area contributed by atoms with Crippen molar-refractivity contribution in [2.45, 2.75) is 31.4 Å². The zero-order valence-electron chi connectivity index (χ0n) is 17.7. The van der Waals surface area contributed by atoms with Crippen molar-refractivity contribution in [1.82, 2.24) is 0 Å².